The monoisotopic (exact) mass is 410 g/mol. The molecule has 0 aromatic heterocycles. The maximum atomic E-state index is 13.1. The molecule has 0 atom stereocenters. The van der Waals surface area contributed by atoms with Crippen molar-refractivity contribution in [2.24, 2.45) is 5.92 Å². The standard InChI is InChI=1S/C18H26N4O5S/c1-14(2)18(23)20-11-9-19(10-12-20)16-6-5-15(22(24)25)13-17(16)28(26,27)21-7-3-4-8-21/h5-6,13-14H,3-4,7-12H2,1-2H3. The predicted molar refractivity (Wildman–Crippen MR) is 105 cm³/mol. The minimum absolute atomic E-state index is 0.0211. The van der Waals surface area contributed by atoms with Crippen molar-refractivity contribution in [1.82, 2.24) is 9.21 Å². The lowest BCUT2D eigenvalue weighted by atomic mass is 10.1. The normalized spacial score (nSPS) is 18.7. The zero-order chi connectivity index (χ0) is 20.5. The Morgan fingerprint density at radius 1 is 1.07 bits per heavy atom. The van der Waals surface area contributed by atoms with Crippen LogP contribution in [-0.2, 0) is 14.8 Å². The lowest BCUT2D eigenvalue weighted by Crippen LogP contribution is -2.50. The minimum Gasteiger partial charge on any atom is -0.367 e. The molecule has 0 saturated carbocycles. The maximum absolute atomic E-state index is 13.1. The van der Waals surface area contributed by atoms with Crippen molar-refractivity contribution in [2.45, 2.75) is 31.6 Å². The number of non-ortho nitro benzene ring substituents is 1. The van der Waals surface area contributed by atoms with Gasteiger partial charge in [0.15, 0.2) is 0 Å². The van der Waals surface area contributed by atoms with Crippen LogP contribution in [0.3, 0.4) is 0 Å². The molecule has 154 valence electrons. The van der Waals surface area contributed by atoms with Crippen LogP contribution in [0.25, 0.3) is 0 Å². The number of sulfonamides is 1. The number of nitrogens with zero attached hydrogens (tertiary/aromatic N) is 4. The Balaban J connectivity index is 1.91. The van der Waals surface area contributed by atoms with Gasteiger partial charge in [-0.15, -0.1) is 0 Å². The van der Waals surface area contributed by atoms with Crippen molar-refractivity contribution in [1.29, 1.82) is 0 Å². The zero-order valence-corrected chi connectivity index (χ0v) is 17.0. The van der Waals surface area contributed by atoms with Gasteiger partial charge in [0.05, 0.1) is 10.6 Å². The number of anilines is 1. The third-order valence-electron chi connectivity index (χ3n) is 5.26. The highest BCUT2D eigenvalue weighted by atomic mass is 32.2. The highest BCUT2D eigenvalue weighted by Crippen LogP contribution is 2.33. The van der Waals surface area contributed by atoms with Crippen LogP contribution >= 0.6 is 0 Å². The van der Waals surface area contributed by atoms with Gasteiger partial charge in [0.1, 0.15) is 4.90 Å². The maximum Gasteiger partial charge on any atom is 0.270 e. The van der Waals surface area contributed by atoms with E-state index < -0.39 is 14.9 Å². The summed E-state index contributed by atoms with van der Waals surface area (Å²) in [7, 11) is -3.81. The second-order valence-corrected chi connectivity index (χ2v) is 9.39. The van der Waals surface area contributed by atoms with E-state index in [1.165, 1.54) is 16.4 Å². The fourth-order valence-corrected chi connectivity index (χ4v) is 5.43. The zero-order valence-electron chi connectivity index (χ0n) is 16.2. The van der Waals surface area contributed by atoms with E-state index in [2.05, 4.69) is 0 Å². The molecule has 9 nitrogen and oxygen atoms in total. The lowest BCUT2D eigenvalue weighted by Gasteiger charge is -2.37. The average Bonchev–Trinajstić information content (AvgIpc) is 3.22. The summed E-state index contributed by atoms with van der Waals surface area (Å²) >= 11 is 0. The van der Waals surface area contributed by atoms with Crippen LogP contribution in [0.4, 0.5) is 11.4 Å². The Bertz CT molecular complexity index is 857. The summed E-state index contributed by atoms with van der Waals surface area (Å²) in [6.45, 7) is 6.53. The number of piperazine rings is 1. The first-order valence-electron chi connectivity index (χ1n) is 9.54. The van der Waals surface area contributed by atoms with Gasteiger partial charge in [0.25, 0.3) is 5.69 Å². The molecule has 0 aliphatic carbocycles. The van der Waals surface area contributed by atoms with E-state index >= 15 is 0 Å². The van der Waals surface area contributed by atoms with E-state index in [1.807, 2.05) is 18.7 Å². The number of benzene rings is 1. The van der Waals surface area contributed by atoms with Crippen molar-refractivity contribution in [3.63, 3.8) is 0 Å². The van der Waals surface area contributed by atoms with Crippen LogP contribution in [0.2, 0.25) is 0 Å². The topological polar surface area (TPSA) is 104 Å². The minimum atomic E-state index is -3.81. The molecule has 2 saturated heterocycles. The molecular formula is C18H26N4O5S. The van der Waals surface area contributed by atoms with Crippen LogP contribution in [0, 0.1) is 16.0 Å². The van der Waals surface area contributed by atoms with Gasteiger partial charge in [-0.05, 0) is 18.9 Å². The molecule has 2 aliphatic rings. The Morgan fingerprint density at radius 3 is 2.21 bits per heavy atom. The summed E-state index contributed by atoms with van der Waals surface area (Å²) in [6, 6.07) is 4.01. The molecule has 10 heteroatoms. The highest BCUT2D eigenvalue weighted by Gasteiger charge is 2.33. The Labute approximate surface area is 165 Å². The molecule has 1 amide bonds. The molecule has 0 radical (unpaired) electrons. The van der Waals surface area contributed by atoms with Gasteiger partial charge in [0.2, 0.25) is 15.9 Å². The molecule has 3 rings (SSSR count). The third-order valence-corrected chi connectivity index (χ3v) is 7.19. The van der Waals surface area contributed by atoms with E-state index in [0.29, 0.717) is 45.0 Å². The fraction of sp³-hybridized carbons (Fsp3) is 0.611. The SMILES string of the molecule is CC(C)C(=O)N1CCN(c2ccc([N+](=O)[O-])cc2S(=O)(=O)N2CCCC2)CC1. The number of carbonyl (C=O) groups is 1. The molecule has 2 fully saturated rings. The van der Waals surface area contributed by atoms with E-state index in [1.54, 1.807) is 4.90 Å². The molecule has 2 heterocycles. The van der Waals surface area contributed by atoms with Crippen molar-refractivity contribution in [2.75, 3.05) is 44.2 Å². The smallest absolute Gasteiger partial charge is 0.270 e. The molecule has 1 aromatic rings. The largest absolute Gasteiger partial charge is 0.367 e. The van der Waals surface area contributed by atoms with Gasteiger partial charge in [-0.2, -0.15) is 4.31 Å². The molecule has 0 spiro atoms. The van der Waals surface area contributed by atoms with Gasteiger partial charge in [-0.3, -0.25) is 14.9 Å². The summed E-state index contributed by atoms with van der Waals surface area (Å²) in [5, 5.41) is 11.2. The predicted octanol–water partition coefficient (Wildman–Crippen LogP) is 1.68. The fourth-order valence-electron chi connectivity index (χ4n) is 3.68. The molecule has 0 N–H and O–H groups in total. The van der Waals surface area contributed by atoms with Crippen LogP contribution < -0.4 is 4.90 Å². The van der Waals surface area contributed by atoms with Crippen molar-refractivity contribution in [3.05, 3.63) is 28.3 Å². The van der Waals surface area contributed by atoms with Crippen LogP contribution in [0.15, 0.2) is 23.1 Å². The first kappa shape index (κ1) is 20.5. The lowest BCUT2D eigenvalue weighted by molar-refractivity contribution is -0.385. The summed E-state index contributed by atoms with van der Waals surface area (Å²) in [5.74, 6) is -0.00899. The van der Waals surface area contributed by atoms with E-state index in [9.17, 15) is 23.3 Å². The van der Waals surface area contributed by atoms with Crippen LogP contribution in [-0.4, -0.2) is 67.7 Å². The molecule has 28 heavy (non-hydrogen) atoms. The number of nitro benzene ring substituents is 1. The van der Waals surface area contributed by atoms with Crippen LogP contribution in [0.1, 0.15) is 26.7 Å². The number of hydrogen-bond donors (Lipinski definition) is 0. The summed E-state index contributed by atoms with van der Waals surface area (Å²) in [5.41, 5.74) is 0.226. The van der Waals surface area contributed by atoms with Crippen molar-refractivity contribution in [3.8, 4) is 0 Å². The highest BCUT2D eigenvalue weighted by molar-refractivity contribution is 7.89. The Kier molecular flexibility index (Phi) is 5.90. The molecule has 1 aromatic carbocycles. The van der Waals surface area contributed by atoms with Gasteiger partial charge in [0, 0.05) is 57.3 Å². The number of hydrogen-bond acceptors (Lipinski definition) is 6. The third kappa shape index (κ3) is 3.97. The quantitative estimate of drug-likeness (QED) is 0.540. The van der Waals surface area contributed by atoms with E-state index in [0.717, 1.165) is 18.9 Å². The van der Waals surface area contributed by atoms with Gasteiger partial charge in [-0.25, -0.2) is 8.42 Å². The van der Waals surface area contributed by atoms with Crippen molar-refractivity contribution >= 4 is 27.3 Å². The summed E-state index contributed by atoms with van der Waals surface area (Å²) < 4.78 is 27.7. The first-order valence-corrected chi connectivity index (χ1v) is 11.0. The molecule has 2 aliphatic heterocycles. The van der Waals surface area contributed by atoms with Crippen LogP contribution in [0.5, 0.6) is 0 Å². The summed E-state index contributed by atoms with van der Waals surface area (Å²) in [6.07, 6.45) is 1.58. The van der Waals surface area contributed by atoms with Gasteiger partial charge < -0.3 is 9.80 Å². The Hall–Kier alpha value is -2.20. The van der Waals surface area contributed by atoms with E-state index in [4.69, 9.17) is 0 Å². The Morgan fingerprint density at radius 2 is 1.68 bits per heavy atom. The number of nitro groups is 1. The second kappa shape index (κ2) is 8.04. The number of amides is 1. The number of rotatable bonds is 5. The second-order valence-electron chi connectivity index (χ2n) is 7.49. The molecule has 0 bridgehead atoms. The van der Waals surface area contributed by atoms with E-state index in [-0.39, 0.29) is 22.4 Å². The molecular weight excluding hydrogens is 384 g/mol. The average molecular weight is 410 g/mol. The molecule has 0 unspecified atom stereocenters. The number of carbonyl (C=O) groups excluding carboxylic acids is 1. The van der Waals surface area contributed by atoms with Gasteiger partial charge >= 0.3 is 0 Å². The summed E-state index contributed by atoms with van der Waals surface area (Å²) in [4.78, 5) is 26.5. The first-order chi connectivity index (χ1) is 13.2. The van der Waals surface area contributed by atoms with Gasteiger partial charge in [-0.1, -0.05) is 13.8 Å². The van der Waals surface area contributed by atoms with Crippen molar-refractivity contribution < 1.29 is 18.1 Å².